The van der Waals surface area contributed by atoms with E-state index in [2.05, 4.69) is 17.6 Å². The predicted molar refractivity (Wildman–Crippen MR) is 73.1 cm³/mol. The molecule has 0 aliphatic rings. The summed E-state index contributed by atoms with van der Waals surface area (Å²) in [4.78, 5) is 11.4. The quantitative estimate of drug-likeness (QED) is 0.719. The molecule has 0 unspecified atom stereocenters. The van der Waals surface area contributed by atoms with Gasteiger partial charge in [0, 0.05) is 19.2 Å². The van der Waals surface area contributed by atoms with Gasteiger partial charge in [0.2, 0.25) is 0 Å². The largest absolute Gasteiger partial charge is 0.484 e. The van der Waals surface area contributed by atoms with Crippen LogP contribution < -0.4 is 15.4 Å². The van der Waals surface area contributed by atoms with Crippen molar-refractivity contribution in [2.45, 2.75) is 13.3 Å². The second-order valence-electron chi connectivity index (χ2n) is 3.96. The van der Waals surface area contributed by atoms with Gasteiger partial charge in [-0.1, -0.05) is 18.5 Å². The van der Waals surface area contributed by atoms with E-state index in [1.165, 1.54) is 18.2 Å². The number of carbonyl (C=O) groups is 1. The number of nitrogens with one attached hydrogen (secondary N) is 2. The lowest BCUT2D eigenvalue weighted by Gasteiger charge is -2.08. The van der Waals surface area contributed by atoms with Crippen LogP contribution >= 0.6 is 11.6 Å². The van der Waals surface area contributed by atoms with Crippen LogP contribution in [0.4, 0.5) is 4.39 Å². The van der Waals surface area contributed by atoms with Crippen molar-refractivity contribution < 1.29 is 13.9 Å². The fraction of sp³-hybridized carbons (Fsp3) is 0.462. The molecule has 1 aromatic rings. The minimum Gasteiger partial charge on any atom is -0.484 e. The fourth-order valence-electron chi connectivity index (χ4n) is 1.36. The van der Waals surface area contributed by atoms with Crippen LogP contribution in [0.5, 0.6) is 5.75 Å². The molecule has 0 aliphatic heterocycles. The molecule has 0 saturated heterocycles. The zero-order valence-electron chi connectivity index (χ0n) is 10.8. The maximum atomic E-state index is 12.9. The zero-order chi connectivity index (χ0) is 14.1. The highest BCUT2D eigenvalue weighted by Crippen LogP contribution is 2.20. The molecule has 0 spiro atoms. The number of hydrogen-bond donors (Lipinski definition) is 2. The van der Waals surface area contributed by atoms with Crippen LogP contribution in [-0.2, 0) is 4.79 Å². The molecule has 2 N–H and O–H groups in total. The Bertz CT molecular complexity index is 416. The first-order valence-corrected chi connectivity index (χ1v) is 6.56. The maximum Gasteiger partial charge on any atom is 0.257 e. The minimum absolute atomic E-state index is 0.0262. The van der Waals surface area contributed by atoms with Crippen LogP contribution in [0.15, 0.2) is 18.2 Å². The van der Waals surface area contributed by atoms with Crippen LogP contribution in [0.3, 0.4) is 0 Å². The van der Waals surface area contributed by atoms with Crippen molar-refractivity contribution in [1.29, 1.82) is 0 Å². The van der Waals surface area contributed by atoms with E-state index in [4.69, 9.17) is 16.3 Å². The molecule has 0 atom stereocenters. The van der Waals surface area contributed by atoms with Gasteiger partial charge in [0.05, 0.1) is 5.02 Å². The molecule has 0 heterocycles. The van der Waals surface area contributed by atoms with Crippen molar-refractivity contribution in [2.75, 3.05) is 26.2 Å². The van der Waals surface area contributed by atoms with Crippen molar-refractivity contribution in [1.82, 2.24) is 10.6 Å². The van der Waals surface area contributed by atoms with Crippen molar-refractivity contribution in [2.24, 2.45) is 0 Å². The maximum absolute atomic E-state index is 12.9. The highest BCUT2D eigenvalue weighted by atomic mass is 35.5. The van der Waals surface area contributed by atoms with Crippen molar-refractivity contribution >= 4 is 17.5 Å². The molecule has 0 radical (unpaired) electrons. The van der Waals surface area contributed by atoms with Crippen molar-refractivity contribution in [3.05, 3.63) is 29.0 Å². The number of rotatable bonds is 8. The Kier molecular flexibility index (Phi) is 7.22. The monoisotopic (exact) mass is 288 g/mol. The van der Waals surface area contributed by atoms with E-state index in [0.717, 1.165) is 19.5 Å². The van der Waals surface area contributed by atoms with Crippen LogP contribution in [-0.4, -0.2) is 32.1 Å². The van der Waals surface area contributed by atoms with Crippen molar-refractivity contribution in [3.8, 4) is 5.75 Å². The van der Waals surface area contributed by atoms with E-state index in [-0.39, 0.29) is 17.5 Å². The second-order valence-corrected chi connectivity index (χ2v) is 4.37. The Balaban J connectivity index is 2.20. The molecule has 1 amide bonds. The van der Waals surface area contributed by atoms with E-state index in [1.54, 1.807) is 0 Å². The standard InChI is InChI=1S/C13H18ClFN2O2/c1-2-5-16-6-7-17-13(18)9-19-10-3-4-12(15)11(14)8-10/h3-4,8,16H,2,5-7,9H2,1H3,(H,17,18). The topological polar surface area (TPSA) is 50.4 Å². The third-order valence-corrected chi connectivity index (χ3v) is 2.60. The predicted octanol–water partition coefficient (Wildman–Crippen LogP) is 1.97. The van der Waals surface area contributed by atoms with Crippen LogP contribution in [0.25, 0.3) is 0 Å². The van der Waals surface area contributed by atoms with E-state index in [0.29, 0.717) is 12.3 Å². The molecule has 1 aromatic carbocycles. The van der Waals surface area contributed by atoms with Crippen LogP contribution in [0, 0.1) is 5.82 Å². The first kappa shape index (κ1) is 15.7. The molecule has 0 aromatic heterocycles. The lowest BCUT2D eigenvalue weighted by atomic mass is 10.3. The van der Waals surface area contributed by atoms with Gasteiger partial charge in [-0.3, -0.25) is 4.79 Å². The Hall–Kier alpha value is -1.33. The van der Waals surface area contributed by atoms with E-state index in [1.807, 2.05) is 0 Å². The molecule has 1 rings (SSSR count). The molecule has 4 nitrogen and oxygen atoms in total. The summed E-state index contributed by atoms with van der Waals surface area (Å²) in [5.74, 6) is -0.370. The summed E-state index contributed by atoms with van der Waals surface area (Å²) >= 11 is 5.60. The van der Waals surface area contributed by atoms with Crippen molar-refractivity contribution in [3.63, 3.8) is 0 Å². The Morgan fingerprint density at radius 2 is 2.16 bits per heavy atom. The van der Waals surface area contributed by atoms with Gasteiger partial charge >= 0.3 is 0 Å². The number of halogens is 2. The number of carbonyl (C=O) groups excluding carboxylic acids is 1. The Morgan fingerprint density at radius 1 is 1.37 bits per heavy atom. The molecular formula is C13H18ClFN2O2. The second kappa shape index (κ2) is 8.72. The minimum atomic E-state index is -0.513. The number of ether oxygens (including phenoxy) is 1. The first-order chi connectivity index (χ1) is 9.13. The van der Waals surface area contributed by atoms with Crippen LogP contribution in [0.1, 0.15) is 13.3 Å². The molecule has 106 valence electrons. The van der Waals surface area contributed by atoms with Gasteiger partial charge in [0.25, 0.3) is 5.91 Å². The fourth-order valence-corrected chi connectivity index (χ4v) is 1.53. The smallest absolute Gasteiger partial charge is 0.257 e. The normalized spacial score (nSPS) is 10.3. The SMILES string of the molecule is CCCNCCNC(=O)COc1ccc(F)c(Cl)c1. The third-order valence-electron chi connectivity index (χ3n) is 2.31. The number of amides is 1. The van der Waals surface area contributed by atoms with Gasteiger partial charge in [0.15, 0.2) is 6.61 Å². The van der Waals surface area contributed by atoms with Gasteiger partial charge in [-0.05, 0) is 25.1 Å². The average Bonchev–Trinajstić information content (AvgIpc) is 2.40. The van der Waals surface area contributed by atoms with E-state index in [9.17, 15) is 9.18 Å². The van der Waals surface area contributed by atoms with Gasteiger partial charge in [-0.2, -0.15) is 0 Å². The Morgan fingerprint density at radius 3 is 2.84 bits per heavy atom. The summed E-state index contributed by atoms with van der Waals surface area (Å²) in [7, 11) is 0. The number of hydrogen-bond acceptors (Lipinski definition) is 3. The van der Waals surface area contributed by atoms with Gasteiger partial charge < -0.3 is 15.4 Å². The van der Waals surface area contributed by atoms with Crippen LogP contribution in [0.2, 0.25) is 5.02 Å². The highest BCUT2D eigenvalue weighted by molar-refractivity contribution is 6.30. The molecule has 0 bridgehead atoms. The van der Waals surface area contributed by atoms with E-state index >= 15 is 0 Å². The third kappa shape index (κ3) is 6.40. The molecular weight excluding hydrogens is 271 g/mol. The summed E-state index contributed by atoms with van der Waals surface area (Å²) in [6.45, 7) is 4.16. The summed E-state index contributed by atoms with van der Waals surface area (Å²) in [6, 6.07) is 3.97. The van der Waals surface area contributed by atoms with Gasteiger partial charge in [-0.25, -0.2) is 4.39 Å². The summed E-state index contributed by atoms with van der Waals surface area (Å²) in [5.41, 5.74) is 0. The Labute approximate surface area is 117 Å². The number of benzene rings is 1. The van der Waals surface area contributed by atoms with E-state index < -0.39 is 5.82 Å². The zero-order valence-corrected chi connectivity index (χ0v) is 11.6. The lowest BCUT2D eigenvalue weighted by molar-refractivity contribution is -0.123. The summed E-state index contributed by atoms with van der Waals surface area (Å²) in [5, 5.41) is 5.84. The first-order valence-electron chi connectivity index (χ1n) is 6.18. The lowest BCUT2D eigenvalue weighted by Crippen LogP contribution is -2.35. The molecule has 0 aliphatic carbocycles. The summed E-state index contributed by atoms with van der Waals surface area (Å²) < 4.78 is 18.1. The molecule has 0 fully saturated rings. The van der Waals surface area contributed by atoms with Gasteiger partial charge in [0.1, 0.15) is 11.6 Å². The molecule has 0 saturated carbocycles. The highest BCUT2D eigenvalue weighted by Gasteiger charge is 2.04. The molecule has 6 heteroatoms. The summed E-state index contributed by atoms with van der Waals surface area (Å²) in [6.07, 6.45) is 1.06. The average molecular weight is 289 g/mol. The van der Waals surface area contributed by atoms with Gasteiger partial charge in [-0.15, -0.1) is 0 Å². The molecule has 19 heavy (non-hydrogen) atoms.